The van der Waals surface area contributed by atoms with Crippen molar-refractivity contribution < 1.29 is 13.9 Å². The Labute approximate surface area is 151 Å². The highest BCUT2D eigenvalue weighted by atomic mass is 19.1. The highest BCUT2D eigenvalue weighted by molar-refractivity contribution is 5.85. The summed E-state index contributed by atoms with van der Waals surface area (Å²) in [4.78, 5) is 15.4. The van der Waals surface area contributed by atoms with Crippen molar-refractivity contribution in [2.75, 3.05) is 32.8 Å². The molecule has 2 aliphatic heterocycles. The van der Waals surface area contributed by atoms with Crippen LogP contribution in [0.25, 0.3) is 0 Å². The Morgan fingerprint density at radius 1 is 1.27 bits per heavy atom. The number of hydrogen-bond donors (Lipinski definition) is 1. The minimum atomic E-state index is -0.639. The molecule has 26 heavy (non-hydrogen) atoms. The predicted octanol–water partition coefficient (Wildman–Crippen LogP) is 1.70. The summed E-state index contributed by atoms with van der Waals surface area (Å²) in [5, 5.41) is 7.71. The molecule has 4 rings (SSSR count). The van der Waals surface area contributed by atoms with Gasteiger partial charge in [0.15, 0.2) is 0 Å². The van der Waals surface area contributed by atoms with Gasteiger partial charge in [-0.1, -0.05) is 12.1 Å². The third kappa shape index (κ3) is 3.12. The molecule has 2 saturated heterocycles. The summed E-state index contributed by atoms with van der Waals surface area (Å²) in [7, 11) is 0. The molecule has 1 aromatic heterocycles. The Balaban J connectivity index is 1.57. The standard InChI is InChI=1S/C19H23FN4O2/c20-16-4-2-15(3-5-16)17-14-23(12-13-26-17)18(25)19(6-9-21-10-7-19)24-11-1-8-22-24/h1-5,8,11,17,21H,6-7,9-10,12-14H2. The minimum Gasteiger partial charge on any atom is -0.370 e. The van der Waals surface area contributed by atoms with Gasteiger partial charge >= 0.3 is 0 Å². The number of hydrogen-bond acceptors (Lipinski definition) is 4. The Hall–Kier alpha value is -2.25. The molecular formula is C19H23FN4O2. The Kier molecular flexibility index (Phi) is 4.74. The van der Waals surface area contributed by atoms with E-state index in [9.17, 15) is 9.18 Å². The van der Waals surface area contributed by atoms with Crippen LogP contribution in [-0.2, 0) is 15.1 Å². The predicted molar refractivity (Wildman–Crippen MR) is 94.0 cm³/mol. The molecule has 1 unspecified atom stereocenters. The molecule has 1 atom stereocenters. The van der Waals surface area contributed by atoms with E-state index in [2.05, 4.69) is 10.4 Å². The fourth-order valence-electron chi connectivity index (χ4n) is 3.91. The van der Waals surface area contributed by atoms with Crippen LogP contribution in [0.4, 0.5) is 4.39 Å². The first-order valence-corrected chi connectivity index (χ1v) is 9.06. The summed E-state index contributed by atoms with van der Waals surface area (Å²) in [5.74, 6) is -0.178. The highest BCUT2D eigenvalue weighted by Gasteiger charge is 2.45. The maximum Gasteiger partial charge on any atom is 0.250 e. The first kappa shape index (κ1) is 17.2. The molecule has 1 amide bonds. The fraction of sp³-hybridized carbons (Fsp3) is 0.474. The number of benzene rings is 1. The van der Waals surface area contributed by atoms with E-state index in [1.807, 2.05) is 21.8 Å². The minimum absolute atomic E-state index is 0.0955. The van der Waals surface area contributed by atoms with E-state index >= 15 is 0 Å². The molecule has 1 N–H and O–H groups in total. The van der Waals surface area contributed by atoms with Crippen molar-refractivity contribution >= 4 is 5.91 Å². The van der Waals surface area contributed by atoms with Gasteiger partial charge in [0.05, 0.1) is 13.2 Å². The van der Waals surface area contributed by atoms with Crippen LogP contribution in [0, 0.1) is 5.82 Å². The molecule has 7 heteroatoms. The SMILES string of the molecule is O=C(N1CCOC(c2ccc(F)cc2)C1)C1(n2cccn2)CCNCC1. The molecule has 0 bridgehead atoms. The summed E-state index contributed by atoms with van der Waals surface area (Å²) >= 11 is 0. The molecule has 2 fully saturated rings. The van der Waals surface area contributed by atoms with Gasteiger partial charge in [0, 0.05) is 18.9 Å². The lowest BCUT2D eigenvalue weighted by Gasteiger charge is -2.42. The van der Waals surface area contributed by atoms with E-state index in [1.54, 1.807) is 18.3 Å². The van der Waals surface area contributed by atoms with Crippen LogP contribution in [0.15, 0.2) is 42.7 Å². The average molecular weight is 358 g/mol. The summed E-state index contributed by atoms with van der Waals surface area (Å²) in [6.45, 7) is 3.09. The highest BCUT2D eigenvalue weighted by Crippen LogP contribution is 2.32. The number of amides is 1. The zero-order valence-electron chi connectivity index (χ0n) is 14.6. The lowest BCUT2D eigenvalue weighted by Crippen LogP contribution is -2.57. The van der Waals surface area contributed by atoms with Gasteiger partial charge in [0.1, 0.15) is 17.5 Å². The molecule has 3 heterocycles. The maximum absolute atomic E-state index is 13.5. The number of ether oxygens (including phenoxy) is 1. The zero-order valence-corrected chi connectivity index (χ0v) is 14.6. The monoisotopic (exact) mass is 358 g/mol. The second kappa shape index (κ2) is 7.17. The van der Waals surface area contributed by atoms with E-state index in [0.717, 1.165) is 18.7 Å². The number of carbonyl (C=O) groups is 1. The van der Waals surface area contributed by atoms with Crippen LogP contribution in [-0.4, -0.2) is 53.4 Å². The van der Waals surface area contributed by atoms with E-state index < -0.39 is 5.54 Å². The molecule has 1 aromatic carbocycles. The zero-order chi connectivity index (χ0) is 18.0. The van der Waals surface area contributed by atoms with Crippen molar-refractivity contribution in [2.24, 2.45) is 0 Å². The average Bonchev–Trinajstić information content (AvgIpc) is 3.24. The van der Waals surface area contributed by atoms with E-state index in [4.69, 9.17) is 4.74 Å². The van der Waals surface area contributed by atoms with Crippen LogP contribution in [0.3, 0.4) is 0 Å². The summed E-state index contributed by atoms with van der Waals surface area (Å²) in [5.41, 5.74) is 0.252. The molecule has 6 nitrogen and oxygen atoms in total. The second-order valence-corrected chi connectivity index (χ2v) is 6.89. The van der Waals surface area contributed by atoms with Gasteiger partial charge in [-0.15, -0.1) is 0 Å². The molecular weight excluding hydrogens is 335 g/mol. The maximum atomic E-state index is 13.5. The third-order valence-electron chi connectivity index (χ3n) is 5.37. The van der Waals surface area contributed by atoms with Gasteiger partial charge < -0.3 is 15.0 Å². The Morgan fingerprint density at radius 3 is 2.73 bits per heavy atom. The van der Waals surface area contributed by atoms with Crippen molar-refractivity contribution in [1.29, 1.82) is 0 Å². The van der Waals surface area contributed by atoms with Crippen LogP contribution in [0.2, 0.25) is 0 Å². The quantitative estimate of drug-likeness (QED) is 0.907. The molecule has 2 aliphatic rings. The number of carbonyl (C=O) groups excluding carboxylic acids is 1. The van der Waals surface area contributed by atoms with Gasteiger partial charge in [-0.3, -0.25) is 9.48 Å². The molecule has 0 radical (unpaired) electrons. The lowest BCUT2D eigenvalue weighted by molar-refractivity contribution is -0.151. The lowest BCUT2D eigenvalue weighted by atomic mass is 9.86. The first-order chi connectivity index (χ1) is 12.7. The molecule has 2 aromatic rings. The van der Waals surface area contributed by atoms with Gasteiger partial charge in [-0.2, -0.15) is 5.10 Å². The number of morpholine rings is 1. The third-order valence-corrected chi connectivity index (χ3v) is 5.37. The number of halogens is 1. The van der Waals surface area contributed by atoms with E-state index in [0.29, 0.717) is 32.5 Å². The largest absolute Gasteiger partial charge is 0.370 e. The van der Waals surface area contributed by atoms with Gasteiger partial charge in [-0.05, 0) is 49.7 Å². The second-order valence-electron chi connectivity index (χ2n) is 6.89. The summed E-state index contributed by atoms with van der Waals surface area (Å²) < 4.78 is 20.9. The number of rotatable bonds is 3. The smallest absolute Gasteiger partial charge is 0.250 e. The number of aromatic nitrogens is 2. The summed E-state index contributed by atoms with van der Waals surface area (Å²) in [6.07, 6.45) is 4.79. The van der Waals surface area contributed by atoms with Crippen LogP contribution >= 0.6 is 0 Å². The normalized spacial score (nSPS) is 23.0. The molecule has 0 spiro atoms. The van der Waals surface area contributed by atoms with Crippen LogP contribution in [0.1, 0.15) is 24.5 Å². The topological polar surface area (TPSA) is 59.4 Å². The number of nitrogens with zero attached hydrogens (tertiary/aromatic N) is 3. The molecule has 138 valence electrons. The van der Waals surface area contributed by atoms with Crippen LogP contribution in [0.5, 0.6) is 0 Å². The Bertz CT molecular complexity index is 741. The van der Waals surface area contributed by atoms with Gasteiger partial charge in [-0.25, -0.2) is 4.39 Å². The van der Waals surface area contributed by atoms with E-state index in [-0.39, 0.29) is 17.8 Å². The first-order valence-electron chi connectivity index (χ1n) is 9.06. The van der Waals surface area contributed by atoms with Gasteiger partial charge in [0.2, 0.25) is 0 Å². The molecule has 0 aliphatic carbocycles. The van der Waals surface area contributed by atoms with Crippen molar-refractivity contribution in [1.82, 2.24) is 20.0 Å². The molecule has 0 saturated carbocycles. The van der Waals surface area contributed by atoms with Crippen molar-refractivity contribution in [3.63, 3.8) is 0 Å². The van der Waals surface area contributed by atoms with Gasteiger partial charge in [0.25, 0.3) is 5.91 Å². The van der Waals surface area contributed by atoms with E-state index in [1.165, 1.54) is 12.1 Å². The van der Waals surface area contributed by atoms with Crippen molar-refractivity contribution in [2.45, 2.75) is 24.5 Å². The van der Waals surface area contributed by atoms with Crippen LogP contribution < -0.4 is 5.32 Å². The summed E-state index contributed by atoms with van der Waals surface area (Å²) in [6, 6.07) is 8.16. The Morgan fingerprint density at radius 2 is 2.04 bits per heavy atom. The number of nitrogens with one attached hydrogen (secondary N) is 1. The number of piperidine rings is 1. The van der Waals surface area contributed by atoms with Crippen molar-refractivity contribution in [3.05, 3.63) is 54.1 Å². The fourth-order valence-corrected chi connectivity index (χ4v) is 3.91. The van der Waals surface area contributed by atoms with Crippen molar-refractivity contribution in [3.8, 4) is 0 Å².